The van der Waals surface area contributed by atoms with Crippen LogP contribution in [0.2, 0.25) is 5.02 Å². The first kappa shape index (κ1) is 24.1. The minimum absolute atomic E-state index is 0.0949. The molecule has 7 heteroatoms. The molecule has 1 fully saturated rings. The molecule has 1 saturated carbocycles. The SMILES string of the molecule is CNCC1Cc2ccc(OC)cc2C1Cc1cccc(Cl)c1.CNS(=O)(=O)C1CCC1. The second kappa shape index (κ2) is 10.8. The molecule has 0 spiro atoms. The quantitative estimate of drug-likeness (QED) is 0.645. The van der Waals surface area contributed by atoms with Gasteiger partial charge in [-0.2, -0.15) is 0 Å². The fraction of sp³-hybridized carbons (Fsp3) is 0.500. The van der Waals surface area contributed by atoms with Crippen LogP contribution in [0.3, 0.4) is 0 Å². The third kappa shape index (κ3) is 6.01. The first-order chi connectivity index (χ1) is 14.9. The van der Waals surface area contributed by atoms with Crippen LogP contribution in [-0.2, 0) is 22.9 Å². The third-order valence-electron chi connectivity index (χ3n) is 6.39. The summed E-state index contributed by atoms with van der Waals surface area (Å²) < 4.78 is 29.5. The van der Waals surface area contributed by atoms with E-state index >= 15 is 0 Å². The first-order valence-corrected chi connectivity index (χ1v) is 12.8. The molecule has 2 N–H and O–H groups in total. The van der Waals surface area contributed by atoms with Crippen molar-refractivity contribution in [1.82, 2.24) is 10.0 Å². The Bertz CT molecular complexity index is 977. The Morgan fingerprint density at radius 2 is 1.90 bits per heavy atom. The summed E-state index contributed by atoms with van der Waals surface area (Å²) in [5.41, 5.74) is 4.18. The number of sulfonamides is 1. The van der Waals surface area contributed by atoms with Crippen molar-refractivity contribution in [2.75, 3.05) is 27.7 Å². The largest absolute Gasteiger partial charge is 0.497 e. The van der Waals surface area contributed by atoms with E-state index in [1.807, 2.05) is 19.2 Å². The molecule has 0 amide bonds. The smallest absolute Gasteiger partial charge is 0.214 e. The molecule has 0 aromatic heterocycles. The summed E-state index contributed by atoms with van der Waals surface area (Å²) in [6.45, 7) is 1.03. The molecule has 5 nitrogen and oxygen atoms in total. The molecule has 0 saturated heterocycles. The van der Waals surface area contributed by atoms with Gasteiger partial charge in [0.15, 0.2) is 0 Å². The summed E-state index contributed by atoms with van der Waals surface area (Å²) in [7, 11) is 2.31. The molecule has 170 valence electrons. The predicted octanol–water partition coefficient (Wildman–Crippen LogP) is 4.15. The molecular weight excluding hydrogens is 432 g/mol. The topological polar surface area (TPSA) is 67.4 Å². The zero-order valence-corrected chi connectivity index (χ0v) is 20.1. The highest BCUT2D eigenvalue weighted by Gasteiger charge is 2.32. The predicted molar refractivity (Wildman–Crippen MR) is 128 cm³/mol. The van der Waals surface area contributed by atoms with E-state index in [0.717, 1.165) is 49.4 Å². The number of methoxy groups -OCH3 is 1. The van der Waals surface area contributed by atoms with E-state index < -0.39 is 10.0 Å². The molecule has 0 aliphatic heterocycles. The van der Waals surface area contributed by atoms with Crippen LogP contribution < -0.4 is 14.8 Å². The van der Waals surface area contributed by atoms with Crippen molar-refractivity contribution in [2.45, 2.75) is 43.3 Å². The number of nitrogens with one attached hydrogen (secondary N) is 2. The molecule has 0 bridgehead atoms. The van der Waals surface area contributed by atoms with E-state index in [1.54, 1.807) is 7.11 Å². The molecule has 4 rings (SSSR count). The van der Waals surface area contributed by atoms with Gasteiger partial charge in [0.2, 0.25) is 10.0 Å². The molecule has 2 aliphatic rings. The summed E-state index contributed by atoms with van der Waals surface area (Å²) >= 11 is 6.14. The molecule has 31 heavy (non-hydrogen) atoms. The lowest BCUT2D eigenvalue weighted by Crippen LogP contribution is -2.36. The Balaban J connectivity index is 0.000000254. The normalized spacial score (nSPS) is 20.4. The van der Waals surface area contributed by atoms with Gasteiger partial charge in [-0.25, -0.2) is 13.1 Å². The molecule has 2 aliphatic carbocycles. The van der Waals surface area contributed by atoms with Crippen molar-refractivity contribution in [3.63, 3.8) is 0 Å². The van der Waals surface area contributed by atoms with Crippen LogP contribution in [0.15, 0.2) is 42.5 Å². The van der Waals surface area contributed by atoms with Gasteiger partial charge in [-0.1, -0.05) is 36.2 Å². The lowest BCUT2D eigenvalue weighted by atomic mass is 9.86. The Hall–Kier alpha value is -1.60. The Kier molecular flexibility index (Phi) is 8.39. The summed E-state index contributed by atoms with van der Waals surface area (Å²) in [5, 5.41) is 4.06. The van der Waals surface area contributed by atoms with Crippen LogP contribution in [0, 0.1) is 5.92 Å². The number of hydrogen-bond acceptors (Lipinski definition) is 4. The second-order valence-electron chi connectivity index (χ2n) is 8.33. The van der Waals surface area contributed by atoms with Crippen LogP contribution in [0.4, 0.5) is 0 Å². The van der Waals surface area contributed by atoms with Crippen molar-refractivity contribution in [3.05, 3.63) is 64.2 Å². The number of ether oxygens (including phenoxy) is 1. The van der Waals surface area contributed by atoms with E-state index in [1.165, 1.54) is 23.7 Å². The monoisotopic (exact) mass is 464 g/mol. The number of halogens is 1. The van der Waals surface area contributed by atoms with Crippen LogP contribution in [0.5, 0.6) is 5.75 Å². The number of rotatable bonds is 7. The maximum Gasteiger partial charge on any atom is 0.214 e. The van der Waals surface area contributed by atoms with E-state index in [2.05, 4.69) is 40.4 Å². The molecule has 0 heterocycles. The van der Waals surface area contributed by atoms with E-state index in [9.17, 15) is 8.42 Å². The van der Waals surface area contributed by atoms with Gasteiger partial charge in [-0.3, -0.25) is 0 Å². The zero-order chi connectivity index (χ0) is 22.4. The van der Waals surface area contributed by atoms with Gasteiger partial charge < -0.3 is 10.1 Å². The van der Waals surface area contributed by atoms with Crippen LogP contribution >= 0.6 is 11.6 Å². The van der Waals surface area contributed by atoms with E-state index in [4.69, 9.17) is 16.3 Å². The van der Waals surface area contributed by atoms with Crippen molar-refractivity contribution in [1.29, 1.82) is 0 Å². The summed E-state index contributed by atoms with van der Waals surface area (Å²) in [5.74, 6) is 2.07. The maximum absolute atomic E-state index is 10.9. The minimum atomic E-state index is -2.91. The zero-order valence-electron chi connectivity index (χ0n) is 18.5. The molecule has 2 aromatic rings. The fourth-order valence-corrected chi connectivity index (χ4v) is 5.93. The maximum atomic E-state index is 10.9. The Morgan fingerprint density at radius 1 is 1.13 bits per heavy atom. The van der Waals surface area contributed by atoms with Crippen molar-refractivity contribution in [3.8, 4) is 5.75 Å². The van der Waals surface area contributed by atoms with Crippen molar-refractivity contribution in [2.24, 2.45) is 5.92 Å². The lowest BCUT2D eigenvalue weighted by Gasteiger charge is -2.24. The lowest BCUT2D eigenvalue weighted by molar-refractivity contribution is 0.411. The number of fused-ring (bicyclic) bond motifs is 1. The molecule has 2 unspecified atom stereocenters. The standard InChI is InChI=1S/C19H22ClNO.C5H11NO2S/c1-21-12-15-10-14-6-7-17(22-2)11-19(14)18(15)9-13-4-3-5-16(20)8-13;1-6-9(7,8)5-3-2-4-5/h3-8,11,15,18,21H,9-10,12H2,1-2H3;5-6H,2-4H2,1H3. The second-order valence-corrected chi connectivity index (χ2v) is 10.9. The third-order valence-corrected chi connectivity index (χ3v) is 8.54. The molecule has 0 radical (unpaired) electrons. The fourth-order valence-electron chi connectivity index (χ4n) is 4.43. The average Bonchev–Trinajstić information content (AvgIpc) is 3.03. The van der Waals surface area contributed by atoms with Gasteiger partial charge >= 0.3 is 0 Å². The van der Waals surface area contributed by atoms with Crippen LogP contribution in [0.25, 0.3) is 0 Å². The molecule has 2 aromatic carbocycles. The van der Waals surface area contributed by atoms with Crippen LogP contribution in [0.1, 0.15) is 41.9 Å². The summed E-state index contributed by atoms with van der Waals surface area (Å²) in [6.07, 6.45) is 4.89. The van der Waals surface area contributed by atoms with Crippen LogP contribution in [-0.4, -0.2) is 41.4 Å². The van der Waals surface area contributed by atoms with Crippen molar-refractivity contribution >= 4 is 21.6 Å². The highest BCUT2D eigenvalue weighted by Crippen LogP contribution is 2.41. The highest BCUT2D eigenvalue weighted by molar-refractivity contribution is 7.90. The van der Waals surface area contributed by atoms with Gasteiger partial charge in [0.1, 0.15) is 5.75 Å². The first-order valence-electron chi connectivity index (χ1n) is 10.9. The van der Waals surface area contributed by atoms with Gasteiger partial charge in [0.05, 0.1) is 12.4 Å². The minimum Gasteiger partial charge on any atom is -0.497 e. The molecular formula is C24H33ClN2O3S. The average molecular weight is 465 g/mol. The molecule has 2 atom stereocenters. The number of hydrogen-bond donors (Lipinski definition) is 2. The van der Waals surface area contributed by atoms with Gasteiger partial charge in [0, 0.05) is 5.02 Å². The summed E-state index contributed by atoms with van der Waals surface area (Å²) in [4.78, 5) is 0. The Morgan fingerprint density at radius 3 is 2.45 bits per heavy atom. The van der Waals surface area contributed by atoms with E-state index in [-0.39, 0.29) is 5.25 Å². The summed E-state index contributed by atoms with van der Waals surface area (Å²) in [6, 6.07) is 14.7. The highest BCUT2D eigenvalue weighted by atomic mass is 35.5. The van der Waals surface area contributed by atoms with Crippen molar-refractivity contribution < 1.29 is 13.2 Å². The Labute approximate surface area is 191 Å². The van der Waals surface area contributed by atoms with E-state index in [0.29, 0.717) is 11.8 Å². The van der Waals surface area contributed by atoms with Gasteiger partial charge in [-0.05, 0) is 99.1 Å². The number of benzene rings is 2. The van der Waals surface area contributed by atoms with Gasteiger partial charge in [-0.15, -0.1) is 0 Å². The van der Waals surface area contributed by atoms with Gasteiger partial charge in [0.25, 0.3) is 0 Å².